The average molecular weight is 609 g/mol. The maximum Gasteiger partial charge on any atom is 0.246 e. The second-order valence-electron chi connectivity index (χ2n) is 9.72. The molecule has 0 aromatic heterocycles. The second kappa shape index (κ2) is 13.7. The van der Waals surface area contributed by atoms with Crippen LogP contribution in [0.3, 0.4) is 0 Å². The van der Waals surface area contributed by atoms with Crippen LogP contribution >= 0.6 is 34.8 Å². The van der Waals surface area contributed by atoms with E-state index >= 15 is 0 Å². The predicted octanol–water partition coefficient (Wildman–Crippen LogP) is 5.40. The minimum absolute atomic E-state index is 0.00527. The fourth-order valence-corrected chi connectivity index (χ4v) is 7.55. The zero-order chi connectivity index (χ0) is 28.0. The van der Waals surface area contributed by atoms with Crippen molar-refractivity contribution in [2.45, 2.75) is 42.7 Å². The van der Waals surface area contributed by atoms with E-state index in [0.29, 0.717) is 5.92 Å². The van der Waals surface area contributed by atoms with Crippen LogP contribution in [0.1, 0.15) is 37.3 Å². The molecule has 1 fully saturated rings. The fraction of sp³-hybridized carbons (Fsp3) is 0.500. The van der Waals surface area contributed by atoms with Gasteiger partial charge in [-0.15, -0.1) is 0 Å². The zero-order valence-electron chi connectivity index (χ0n) is 21.6. The maximum absolute atomic E-state index is 13.4. The molecule has 1 atom stereocenters. The van der Waals surface area contributed by atoms with Crippen LogP contribution in [0.25, 0.3) is 0 Å². The fourth-order valence-electron chi connectivity index (χ4n) is 4.91. The Hall–Kier alpha value is -1.46. The van der Waals surface area contributed by atoms with E-state index in [1.807, 2.05) is 26.2 Å². The van der Waals surface area contributed by atoms with Gasteiger partial charge in [0.2, 0.25) is 15.9 Å². The van der Waals surface area contributed by atoms with Gasteiger partial charge < -0.3 is 15.0 Å². The first kappa shape index (κ1) is 31.1. The van der Waals surface area contributed by atoms with Crippen molar-refractivity contribution in [2.75, 3.05) is 40.9 Å². The third-order valence-corrected chi connectivity index (χ3v) is 9.76. The molecule has 0 heterocycles. The van der Waals surface area contributed by atoms with Crippen LogP contribution in [0.4, 0.5) is 4.39 Å². The highest BCUT2D eigenvalue weighted by Gasteiger charge is 2.31. The summed E-state index contributed by atoms with van der Waals surface area (Å²) in [6.45, 7) is -0.154. The number of nitrogens with one attached hydrogen (secondary N) is 1. The maximum atomic E-state index is 13.4. The van der Waals surface area contributed by atoms with E-state index in [4.69, 9.17) is 39.5 Å². The number of halogens is 4. The van der Waals surface area contributed by atoms with Crippen LogP contribution < -0.4 is 5.32 Å². The first-order valence-electron chi connectivity index (χ1n) is 12.3. The predicted molar refractivity (Wildman–Crippen MR) is 149 cm³/mol. The van der Waals surface area contributed by atoms with E-state index in [0.717, 1.165) is 35.6 Å². The van der Waals surface area contributed by atoms with E-state index < -0.39 is 10.0 Å². The van der Waals surface area contributed by atoms with Crippen molar-refractivity contribution >= 4 is 50.7 Å². The van der Waals surface area contributed by atoms with Crippen LogP contribution in [0.5, 0.6) is 0 Å². The van der Waals surface area contributed by atoms with Gasteiger partial charge in [0.25, 0.3) is 0 Å². The molecule has 3 rings (SSSR count). The number of amides is 1. The van der Waals surface area contributed by atoms with Gasteiger partial charge in [0.1, 0.15) is 17.3 Å². The van der Waals surface area contributed by atoms with Crippen LogP contribution in [0.15, 0.2) is 41.3 Å². The second-order valence-corrected chi connectivity index (χ2v) is 12.9. The average Bonchev–Trinajstić information content (AvgIpc) is 2.83. The van der Waals surface area contributed by atoms with E-state index in [9.17, 15) is 17.6 Å². The van der Waals surface area contributed by atoms with Crippen LogP contribution in [-0.2, 0) is 19.6 Å². The molecule has 0 saturated heterocycles. The number of sulfonamides is 1. The summed E-state index contributed by atoms with van der Waals surface area (Å²) in [5.41, 5.74) is 1.09. The first-order chi connectivity index (χ1) is 17.9. The van der Waals surface area contributed by atoms with Gasteiger partial charge in [0, 0.05) is 30.7 Å². The molecular formula is C26H33Cl3FN3O4S. The number of carbonyl (C=O) groups is 1. The van der Waals surface area contributed by atoms with Crippen LogP contribution in [0, 0.1) is 11.7 Å². The summed E-state index contributed by atoms with van der Waals surface area (Å²) in [5.74, 6) is -0.0889. The Morgan fingerprint density at radius 3 is 2.18 bits per heavy atom. The quantitative estimate of drug-likeness (QED) is 0.346. The summed E-state index contributed by atoms with van der Waals surface area (Å²) in [5, 5.41) is 3.10. The van der Waals surface area contributed by atoms with E-state index in [1.54, 1.807) is 0 Å². The molecule has 0 aliphatic heterocycles. The molecule has 2 aromatic carbocycles. The van der Waals surface area contributed by atoms with Crippen LogP contribution in [-0.4, -0.2) is 70.5 Å². The van der Waals surface area contributed by atoms with Crippen molar-refractivity contribution in [3.63, 3.8) is 0 Å². The number of nitrogens with zero attached hydrogens (tertiary/aromatic N) is 2. The Morgan fingerprint density at radius 1 is 1.05 bits per heavy atom. The van der Waals surface area contributed by atoms with Gasteiger partial charge in [-0.2, -0.15) is 4.31 Å². The minimum atomic E-state index is -3.97. The number of rotatable bonds is 11. The summed E-state index contributed by atoms with van der Waals surface area (Å²) >= 11 is 18.0. The Morgan fingerprint density at radius 2 is 1.63 bits per heavy atom. The van der Waals surface area contributed by atoms with Gasteiger partial charge in [0.05, 0.1) is 16.7 Å². The lowest BCUT2D eigenvalue weighted by atomic mass is 9.78. The molecule has 1 amide bonds. The normalized spacial score (nSPS) is 19.1. The molecular weight excluding hydrogens is 576 g/mol. The highest BCUT2D eigenvalue weighted by Crippen LogP contribution is 2.37. The van der Waals surface area contributed by atoms with E-state index in [2.05, 4.69) is 10.2 Å². The van der Waals surface area contributed by atoms with Crippen molar-refractivity contribution in [3.05, 3.63) is 62.8 Å². The molecule has 0 spiro atoms. The Balaban J connectivity index is 1.42. The molecule has 0 bridgehead atoms. The molecule has 38 heavy (non-hydrogen) atoms. The highest BCUT2D eigenvalue weighted by molar-refractivity contribution is 7.89. The van der Waals surface area contributed by atoms with Crippen molar-refractivity contribution < 1.29 is 22.3 Å². The topological polar surface area (TPSA) is 79.0 Å². The van der Waals surface area contributed by atoms with Gasteiger partial charge >= 0.3 is 0 Å². The summed E-state index contributed by atoms with van der Waals surface area (Å²) in [6.07, 6.45) is 3.55. The zero-order valence-corrected chi connectivity index (χ0v) is 24.7. The Labute approximate surface area is 239 Å². The van der Waals surface area contributed by atoms with Gasteiger partial charge in [0.15, 0.2) is 0 Å². The lowest BCUT2D eigenvalue weighted by Gasteiger charge is -2.37. The molecule has 1 N–H and O–H groups in total. The summed E-state index contributed by atoms with van der Waals surface area (Å²) < 4.78 is 45.6. The summed E-state index contributed by atoms with van der Waals surface area (Å²) in [6, 6.07) is 9.52. The number of ether oxygens (including phenoxy) is 1. The largest absolute Gasteiger partial charge is 0.370 e. The Kier molecular flexibility index (Phi) is 11.2. The highest BCUT2D eigenvalue weighted by atomic mass is 35.5. The lowest BCUT2D eigenvalue weighted by Crippen LogP contribution is -2.41. The van der Waals surface area contributed by atoms with Gasteiger partial charge in [-0.05, 0) is 75.5 Å². The number of benzene rings is 2. The molecule has 1 unspecified atom stereocenters. The molecule has 210 valence electrons. The molecule has 1 aliphatic carbocycles. The lowest BCUT2D eigenvalue weighted by molar-refractivity contribution is -0.126. The third kappa shape index (κ3) is 8.03. The molecule has 0 radical (unpaired) electrons. The number of hydrogen-bond donors (Lipinski definition) is 1. The van der Waals surface area contributed by atoms with Crippen LogP contribution in [0.2, 0.25) is 15.1 Å². The van der Waals surface area contributed by atoms with Crippen molar-refractivity contribution in [3.8, 4) is 0 Å². The SMILES string of the molecule is CN(C)C(c1ccc(F)cc1)C1CCC(NC(=O)COCCN(C)S(=O)(=O)c2c(Cl)cc(Cl)cc2Cl)CC1. The molecule has 12 heteroatoms. The van der Waals surface area contributed by atoms with Gasteiger partial charge in [-0.3, -0.25) is 4.79 Å². The van der Waals surface area contributed by atoms with E-state index in [-0.39, 0.29) is 63.5 Å². The summed E-state index contributed by atoms with van der Waals surface area (Å²) in [7, 11) is 1.46. The minimum Gasteiger partial charge on any atom is -0.370 e. The molecule has 1 aliphatic rings. The van der Waals surface area contributed by atoms with Gasteiger partial charge in [-0.1, -0.05) is 46.9 Å². The first-order valence-corrected chi connectivity index (χ1v) is 14.9. The molecule has 1 saturated carbocycles. The van der Waals surface area contributed by atoms with Crippen molar-refractivity contribution in [1.29, 1.82) is 0 Å². The molecule has 2 aromatic rings. The number of hydrogen-bond acceptors (Lipinski definition) is 5. The number of likely N-dealkylation sites (N-methyl/N-ethyl adjacent to an activating group) is 1. The van der Waals surface area contributed by atoms with E-state index in [1.165, 1.54) is 31.3 Å². The molecule has 7 nitrogen and oxygen atoms in total. The third-order valence-electron chi connectivity index (χ3n) is 6.77. The smallest absolute Gasteiger partial charge is 0.246 e. The van der Waals surface area contributed by atoms with Crippen molar-refractivity contribution in [1.82, 2.24) is 14.5 Å². The van der Waals surface area contributed by atoms with Gasteiger partial charge in [-0.25, -0.2) is 12.8 Å². The monoisotopic (exact) mass is 607 g/mol. The Bertz CT molecular complexity index is 1180. The standard InChI is InChI=1S/C26H33Cl3FN3O4S/c1-32(2)25(17-4-8-20(30)9-5-17)18-6-10-21(11-7-18)31-24(34)16-37-13-12-33(3)38(35,36)26-22(28)14-19(27)15-23(26)29/h4-5,8-9,14-15,18,21,25H,6-7,10-13,16H2,1-3H3,(H,31,34). The number of carbonyl (C=O) groups excluding carboxylic acids is 1. The van der Waals surface area contributed by atoms with Crippen molar-refractivity contribution in [2.24, 2.45) is 5.92 Å². The summed E-state index contributed by atoms with van der Waals surface area (Å²) in [4.78, 5) is 14.4.